The number of carbonyl (C=O) groups is 1. The van der Waals surface area contributed by atoms with Gasteiger partial charge in [0, 0.05) is 25.0 Å². The van der Waals surface area contributed by atoms with Crippen LogP contribution in [-0.2, 0) is 6.54 Å². The summed E-state index contributed by atoms with van der Waals surface area (Å²) in [6, 6.07) is 9.00. The largest absolute Gasteiger partial charge is 0.497 e. The monoisotopic (exact) mass is 369 g/mol. The van der Waals surface area contributed by atoms with Crippen LogP contribution in [0.25, 0.3) is 10.2 Å². The molecule has 4 rings (SSSR count). The van der Waals surface area contributed by atoms with Gasteiger partial charge in [0.25, 0.3) is 5.91 Å². The standard InChI is InChI=1S/C17H15N5O3S/c1-24-12-3-4-13-15(11-12)26-17(20-13)22(10-9-21-8-2-6-18-21)16(23)14-5-7-19-25-14/h2-8,11H,9-10H2,1H3. The van der Waals surface area contributed by atoms with Gasteiger partial charge < -0.3 is 9.26 Å². The van der Waals surface area contributed by atoms with Crippen molar-refractivity contribution in [1.82, 2.24) is 19.9 Å². The van der Waals surface area contributed by atoms with E-state index < -0.39 is 0 Å². The number of nitrogens with zero attached hydrogens (tertiary/aromatic N) is 5. The van der Waals surface area contributed by atoms with Gasteiger partial charge in [-0.2, -0.15) is 5.10 Å². The number of carbonyl (C=O) groups excluding carboxylic acids is 1. The van der Waals surface area contributed by atoms with Gasteiger partial charge >= 0.3 is 0 Å². The van der Waals surface area contributed by atoms with Crippen molar-refractivity contribution in [3.05, 3.63) is 54.7 Å². The fraction of sp³-hybridized carbons (Fsp3) is 0.176. The molecule has 8 nitrogen and oxygen atoms in total. The van der Waals surface area contributed by atoms with Crippen LogP contribution >= 0.6 is 11.3 Å². The second kappa shape index (κ2) is 6.96. The Morgan fingerprint density at radius 2 is 2.27 bits per heavy atom. The summed E-state index contributed by atoms with van der Waals surface area (Å²) < 4.78 is 13.0. The molecule has 0 aliphatic carbocycles. The van der Waals surface area contributed by atoms with E-state index >= 15 is 0 Å². The Balaban J connectivity index is 1.68. The van der Waals surface area contributed by atoms with Gasteiger partial charge in [-0.25, -0.2) is 4.98 Å². The maximum absolute atomic E-state index is 12.9. The molecule has 0 saturated heterocycles. The summed E-state index contributed by atoms with van der Waals surface area (Å²) in [6.07, 6.45) is 5.00. The Labute approximate surface area is 152 Å². The van der Waals surface area contributed by atoms with E-state index in [4.69, 9.17) is 9.26 Å². The number of methoxy groups -OCH3 is 1. The number of rotatable bonds is 6. The molecule has 0 radical (unpaired) electrons. The second-order valence-corrected chi connectivity index (χ2v) is 6.44. The number of amides is 1. The van der Waals surface area contributed by atoms with Gasteiger partial charge in [0.1, 0.15) is 5.75 Å². The Bertz CT molecular complexity index is 1010. The van der Waals surface area contributed by atoms with Crippen LogP contribution in [0.15, 0.2) is 53.4 Å². The smallest absolute Gasteiger partial charge is 0.298 e. The van der Waals surface area contributed by atoms with Crippen molar-refractivity contribution in [1.29, 1.82) is 0 Å². The fourth-order valence-corrected chi connectivity index (χ4v) is 3.53. The zero-order valence-electron chi connectivity index (χ0n) is 13.9. The zero-order valence-corrected chi connectivity index (χ0v) is 14.7. The highest BCUT2D eigenvalue weighted by Gasteiger charge is 2.24. The highest BCUT2D eigenvalue weighted by molar-refractivity contribution is 7.22. The van der Waals surface area contributed by atoms with Crippen LogP contribution in [0.3, 0.4) is 0 Å². The van der Waals surface area contributed by atoms with E-state index in [1.54, 1.807) is 29.0 Å². The molecule has 26 heavy (non-hydrogen) atoms. The first-order valence-electron chi connectivity index (χ1n) is 7.89. The van der Waals surface area contributed by atoms with E-state index in [1.807, 2.05) is 30.5 Å². The minimum atomic E-state index is -0.291. The lowest BCUT2D eigenvalue weighted by Gasteiger charge is -2.18. The van der Waals surface area contributed by atoms with Crippen LogP contribution in [-0.4, -0.2) is 39.5 Å². The third-order valence-electron chi connectivity index (χ3n) is 3.82. The SMILES string of the molecule is COc1ccc2nc(N(CCn3cccn3)C(=O)c3ccno3)sc2c1. The average molecular weight is 369 g/mol. The van der Waals surface area contributed by atoms with E-state index in [1.165, 1.54) is 17.5 Å². The van der Waals surface area contributed by atoms with Crippen LogP contribution in [0.2, 0.25) is 0 Å². The maximum atomic E-state index is 12.9. The van der Waals surface area contributed by atoms with Crippen molar-refractivity contribution in [2.24, 2.45) is 0 Å². The van der Waals surface area contributed by atoms with Crippen molar-refractivity contribution in [2.75, 3.05) is 18.6 Å². The molecule has 3 heterocycles. The average Bonchev–Trinajstić information content (AvgIpc) is 3.41. The molecule has 3 aromatic heterocycles. The summed E-state index contributed by atoms with van der Waals surface area (Å²) in [7, 11) is 1.62. The molecule has 0 N–H and O–H groups in total. The Morgan fingerprint density at radius 3 is 3.00 bits per heavy atom. The molecular weight excluding hydrogens is 354 g/mol. The van der Waals surface area contributed by atoms with E-state index in [0.717, 1.165) is 16.0 Å². The second-order valence-electron chi connectivity index (χ2n) is 5.43. The molecular formula is C17H15N5O3S. The number of thiazole rings is 1. The number of fused-ring (bicyclic) bond motifs is 1. The third kappa shape index (κ3) is 3.16. The summed E-state index contributed by atoms with van der Waals surface area (Å²) in [6.45, 7) is 0.935. The molecule has 0 saturated carbocycles. The lowest BCUT2D eigenvalue weighted by Crippen LogP contribution is -2.33. The molecule has 0 atom stereocenters. The van der Waals surface area contributed by atoms with Crippen LogP contribution in [0.4, 0.5) is 5.13 Å². The van der Waals surface area contributed by atoms with Gasteiger partial charge in [-0.05, 0) is 24.3 Å². The fourth-order valence-electron chi connectivity index (χ4n) is 2.51. The molecule has 9 heteroatoms. The normalized spacial score (nSPS) is 11.0. The highest BCUT2D eigenvalue weighted by Crippen LogP contribution is 2.32. The minimum absolute atomic E-state index is 0.169. The van der Waals surface area contributed by atoms with Crippen LogP contribution in [0.5, 0.6) is 5.75 Å². The number of aromatic nitrogens is 4. The summed E-state index contributed by atoms with van der Waals surface area (Å²) in [5.74, 6) is 0.625. The van der Waals surface area contributed by atoms with Gasteiger partial charge in [0.05, 0.1) is 30.1 Å². The number of ether oxygens (including phenoxy) is 1. The molecule has 132 valence electrons. The maximum Gasteiger partial charge on any atom is 0.298 e. The van der Waals surface area contributed by atoms with E-state index in [0.29, 0.717) is 18.2 Å². The lowest BCUT2D eigenvalue weighted by atomic mass is 10.3. The summed E-state index contributed by atoms with van der Waals surface area (Å²) in [4.78, 5) is 19.0. The first-order chi connectivity index (χ1) is 12.7. The summed E-state index contributed by atoms with van der Waals surface area (Å²) in [5.41, 5.74) is 0.806. The molecule has 0 unspecified atom stereocenters. The third-order valence-corrected chi connectivity index (χ3v) is 4.86. The summed E-state index contributed by atoms with van der Waals surface area (Å²) >= 11 is 1.42. The highest BCUT2D eigenvalue weighted by atomic mass is 32.1. The van der Waals surface area contributed by atoms with Gasteiger partial charge in [0.15, 0.2) is 5.13 Å². The van der Waals surface area contributed by atoms with Gasteiger partial charge in [-0.15, -0.1) is 0 Å². The Morgan fingerprint density at radius 1 is 1.35 bits per heavy atom. The Hall–Kier alpha value is -3.20. The van der Waals surface area contributed by atoms with Crippen molar-refractivity contribution in [2.45, 2.75) is 6.54 Å². The molecule has 4 aromatic rings. The van der Waals surface area contributed by atoms with Crippen molar-refractivity contribution in [3.63, 3.8) is 0 Å². The molecule has 0 bridgehead atoms. The molecule has 1 aromatic carbocycles. The lowest BCUT2D eigenvalue weighted by molar-refractivity contribution is 0.0950. The topological polar surface area (TPSA) is 86.3 Å². The molecule has 0 aliphatic rings. The first-order valence-corrected chi connectivity index (χ1v) is 8.71. The zero-order chi connectivity index (χ0) is 17.9. The number of hydrogen-bond donors (Lipinski definition) is 0. The van der Waals surface area contributed by atoms with E-state index in [2.05, 4.69) is 15.2 Å². The van der Waals surface area contributed by atoms with Crippen LogP contribution in [0, 0.1) is 0 Å². The quantitative estimate of drug-likeness (QED) is 0.519. The first kappa shape index (κ1) is 16.3. The van der Waals surface area contributed by atoms with Crippen molar-refractivity contribution >= 4 is 32.6 Å². The van der Waals surface area contributed by atoms with Crippen LogP contribution < -0.4 is 9.64 Å². The molecule has 0 spiro atoms. The predicted molar refractivity (Wildman–Crippen MR) is 96.6 cm³/mol. The molecule has 0 fully saturated rings. The van der Waals surface area contributed by atoms with Gasteiger partial charge in [0.2, 0.25) is 5.76 Å². The van der Waals surface area contributed by atoms with Crippen molar-refractivity contribution in [3.8, 4) is 5.75 Å². The van der Waals surface area contributed by atoms with Gasteiger partial charge in [-0.1, -0.05) is 16.5 Å². The summed E-state index contributed by atoms with van der Waals surface area (Å²) in [5, 5.41) is 8.38. The van der Waals surface area contributed by atoms with E-state index in [-0.39, 0.29) is 11.7 Å². The molecule has 0 aliphatic heterocycles. The molecule has 1 amide bonds. The van der Waals surface area contributed by atoms with Crippen LogP contribution in [0.1, 0.15) is 10.6 Å². The number of anilines is 1. The number of benzene rings is 1. The predicted octanol–water partition coefficient (Wildman–Crippen LogP) is 2.84. The number of hydrogen-bond acceptors (Lipinski definition) is 7. The minimum Gasteiger partial charge on any atom is -0.497 e. The van der Waals surface area contributed by atoms with Crippen molar-refractivity contribution < 1.29 is 14.1 Å². The van der Waals surface area contributed by atoms with Gasteiger partial charge in [-0.3, -0.25) is 14.4 Å². The van der Waals surface area contributed by atoms with E-state index in [9.17, 15) is 4.79 Å². The Kier molecular flexibility index (Phi) is 4.36.